The Labute approximate surface area is 119 Å². The third kappa shape index (κ3) is 3.58. The molecule has 4 nitrogen and oxygen atoms in total. The summed E-state index contributed by atoms with van der Waals surface area (Å²) in [7, 11) is -1.78. The predicted octanol–water partition coefficient (Wildman–Crippen LogP) is 0.505. The van der Waals surface area contributed by atoms with Gasteiger partial charge in [-0.2, -0.15) is 0 Å². The Bertz CT molecular complexity index is 458. The smallest absolute Gasteiger partial charge is 0.423 e. The van der Waals surface area contributed by atoms with E-state index in [9.17, 15) is 4.39 Å². The van der Waals surface area contributed by atoms with Crippen LogP contribution in [0.1, 0.15) is 25.8 Å². The van der Waals surface area contributed by atoms with E-state index in [4.69, 9.17) is 14.8 Å². The molecule has 2 unspecified atom stereocenters. The van der Waals surface area contributed by atoms with Crippen LogP contribution < -0.4 is 5.46 Å². The highest BCUT2D eigenvalue weighted by atomic mass is 19.1. The first-order valence-corrected chi connectivity index (χ1v) is 7.01. The van der Waals surface area contributed by atoms with Gasteiger partial charge in [0.2, 0.25) is 0 Å². The summed E-state index contributed by atoms with van der Waals surface area (Å²) in [4.78, 5) is 2.30. The first kappa shape index (κ1) is 15.4. The van der Waals surface area contributed by atoms with E-state index < -0.39 is 12.9 Å². The van der Waals surface area contributed by atoms with E-state index in [1.165, 1.54) is 12.1 Å². The molecule has 20 heavy (non-hydrogen) atoms. The SMILES string of the molecule is CCC1COC(C)CN1Cc1ccc(F)c(B(O)O)c1. The molecule has 2 rings (SSSR count). The third-order valence-corrected chi connectivity index (χ3v) is 3.78. The number of nitrogens with zero attached hydrogens (tertiary/aromatic N) is 1. The minimum Gasteiger partial charge on any atom is -0.423 e. The zero-order chi connectivity index (χ0) is 14.7. The van der Waals surface area contributed by atoms with E-state index in [-0.39, 0.29) is 11.6 Å². The lowest BCUT2D eigenvalue weighted by Gasteiger charge is -2.38. The summed E-state index contributed by atoms with van der Waals surface area (Å²) in [6.07, 6.45) is 1.17. The van der Waals surface area contributed by atoms with Gasteiger partial charge in [0.1, 0.15) is 5.82 Å². The van der Waals surface area contributed by atoms with Crippen molar-refractivity contribution in [3.8, 4) is 0 Å². The van der Waals surface area contributed by atoms with Crippen molar-refractivity contribution < 1.29 is 19.2 Å². The highest BCUT2D eigenvalue weighted by Gasteiger charge is 2.26. The summed E-state index contributed by atoms with van der Waals surface area (Å²) in [5, 5.41) is 18.3. The van der Waals surface area contributed by atoms with Gasteiger partial charge in [-0.25, -0.2) is 4.39 Å². The summed E-state index contributed by atoms with van der Waals surface area (Å²) < 4.78 is 19.1. The van der Waals surface area contributed by atoms with Crippen molar-refractivity contribution in [3.05, 3.63) is 29.6 Å². The monoisotopic (exact) mass is 281 g/mol. The Kier molecular flexibility index (Phi) is 5.15. The Morgan fingerprint density at radius 3 is 2.85 bits per heavy atom. The van der Waals surface area contributed by atoms with Crippen molar-refractivity contribution in [2.45, 2.75) is 39.0 Å². The number of hydrogen-bond donors (Lipinski definition) is 2. The Morgan fingerprint density at radius 1 is 1.45 bits per heavy atom. The molecule has 110 valence electrons. The predicted molar refractivity (Wildman–Crippen MR) is 76.1 cm³/mol. The van der Waals surface area contributed by atoms with Crippen LogP contribution in [0.4, 0.5) is 4.39 Å². The second kappa shape index (κ2) is 6.67. The number of hydrogen-bond acceptors (Lipinski definition) is 4. The number of rotatable bonds is 4. The van der Waals surface area contributed by atoms with Crippen LogP contribution in [0.3, 0.4) is 0 Å². The molecule has 0 aromatic heterocycles. The van der Waals surface area contributed by atoms with Crippen molar-refractivity contribution in [2.75, 3.05) is 13.2 Å². The average molecular weight is 281 g/mol. The van der Waals surface area contributed by atoms with Gasteiger partial charge in [-0.15, -0.1) is 0 Å². The molecule has 1 aromatic carbocycles. The molecular formula is C14H21BFNO3. The van der Waals surface area contributed by atoms with Crippen LogP contribution in [0.25, 0.3) is 0 Å². The molecule has 0 amide bonds. The first-order valence-electron chi connectivity index (χ1n) is 7.01. The number of halogens is 1. The van der Waals surface area contributed by atoms with Crippen LogP contribution >= 0.6 is 0 Å². The van der Waals surface area contributed by atoms with Gasteiger partial charge < -0.3 is 14.8 Å². The van der Waals surface area contributed by atoms with Crippen LogP contribution in [0.2, 0.25) is 0 Å². The normalized spacial score (nSPS) is 23.9. The molecule has 1 aromatic rings. The molecule has 0 spiro atoms. The number of benzene rings is 1. The molecule has 0 bridgehead atoms. The van der Waals surface area contributed by atoms with E-state index in [0.717, 1.165) is 18.5 Å². The molecule has 1 saturated heterocycles. The maximum absolute atomic E-state index is 13.5. The van der Waals surface area contributed by atoms with Gasteiger partial charge in [-0.1, -0.05) is 19.1 Å². The van der Waals surface area contributed by atoms with Crippen molar-refractivity contribution in [1.29, 1.82) is 0 Å². The van der Waals surface area contributed by atoms with Gasteiger partial charge >= 0.3 is 7.12 Å². The van der Waals surface area contributed by atoms with Crippen molar-refractivity contribution in [3.63, 3.8) is 0 Å². The van der Waals surface area contributed by atoms with Crippen LogP contribution in [0.5, 0.6) is 0 Å². The van der Waals surface area contributed by atoms with Crippen molar-refractivity contribution >= 4 is 12.6 Å². The molecule has 1 heterocycles. The van der Waals surface area contributed by atoms with E-state index in [1.807, 2.05) is 6.92 Å². The molecule has 0 aliphatic carbocycles. The minimum absolute atomic E-state index is 0.0724. The fraction of sp³-hybridized carbons (Fsp3) is 0.571. The van der Waals surface area contributed by atoms with Gasteiger partial charge in [0.15, 0.2) is 0 Å². The van der Waals surface area contributed by atoms with Gasteiger partial charge in [0.05, 0.1) is 12.7 Å². The maximum Gasteiger partial charge on any atom is 0.491 e. The molecule has 2 N–H and O–H groups in total. The molecule has 1 fully saturated rings. The number of morpholine rings is 1. The summed E-state index contributed by atoms with van der Waals surface area (Å²) in [6.45, 7) is 6.34. The first-order chi connectivity index (χ1) is 9.51. The quantitative estimate of drug-likeness (QED) is 0.789. The Morgan fingerprint density at radius 2 is 2.20 bits per heavy atom. The van der Waals surface area contributed by atoms with Gasteiger partial charge in [0, 0.05) is 24.6 Å². The van der Waals surface area contributed by atoms with Gasteiger partial charge in [0.25, 0.3) is 0 Å². The zero-order valence-electron chi connectivity index (χ0n) is 11.9. The average Bonchev–Trinajstić information content (AvgIpc) is 2.41. The van der Waals surface area contributed by atoms with E-state index in [2.05, 4.69) is 11.8 Å². The summed E-state index contributed by atoms with van der Waals surface area (Å²) >= 11 is 0. The highest BCUT2D eigenvalue weighted by molar-refractivity contribution is 6.58. The third-order valence-electron chi connectivity index (χ3n) is 3.78. The lowest BCUT2D eigenvalue weighted by Crippen LogP contribution is -2.48. The van der Waals surface area contributed by atoms with Crippen LogP contribution in [0.15, 0.2) is 18.2 Å². The van der Waals surface area contributed by atoms with Gasteiger partial charge in [-0.05, 0) is 25.0 Å². The fourth-order valence-electron chi connectivity index (χ4n) is 2.61. The molecule has 0 radical (unpaired) electrons. The number of ether oxygens (including phenoxy) is 1. The fourth-order valence-corrected chi connectivity index (χ4v) is 2.61. The van der Waals surface area contributed by atoms with Crippen LogP contribution in [-0.2, 0) is 11.3 Å². The summed E-state index contributed by atoms with van der Waals surface area (Å²) in [5.74, 6) is -0.592. The van der Waals surface area contributed by atoms with E-state index in [1.54, 1.807) is 6.07 Å². The molecule has 1 aliphatic rings. The lowest BCUT2D eigenvalue weighted by molar-refractivity contribution is -0.0592. The molecule has 6 heteroatoms. The summed E-state index contributed by atoms with van der Waals surface area (Å²) in [6, 6.07) is 4.84. The second-order valence-electron chi connectivity index (χ2n) is 5.36. The van der Waals surface area contributed by atoms with E-state index in [0.29, 0.717) is 19.2 Å². The standard InChI is InChI=1S/C14H21BFNO3/c1-3-12-9-20-10(2)7-17(12)8-11-4-5-14(16)13(6-11)15(18)19/h4-6,10,12,18-19H,3,7-9H2,1-2H3. The maximum atomic E-state index is 13.5. The highest BCUT2D eigenvalue weighted by Crippen LogP contribution is 2.17. The van der Waals surface area contributed by atoms with E-state index >= 15 is 0 Å². The van der Waals surface area contributed by atoms with Crippen molar-refractivity contribution in [1.82, 2.24) is 4.90 Å². The van der Waals surface area contributed by atoms with Crippen molar-refractivity contribution in [2.24, 2.45) is 0 Å². The second-order valence-corrected chi connectivity index (χ2v) is 5.36. The lowest BCUT2D eigenvalue weighted by atomic mass is 9.79. The molecule has 1 aliphatic heterocycles. The summed E-state index contributed by atoms with van der Waals surface area (Å²) in [5.41, 5.74) is 0.805. The topological polar surface area (TPSA) is 52.9 Å². The van der Waals surface area contributed by atoms with Crippen LogP contribution in [-0.4, -0.2) is 47.4 Å². The Balaban J connectivity index is 2.13. The van der Waals surface area contributed by atoms with Crippen LogP contribution in [0, 0.1) is 5.82 Å². The molecule has 2 atom stereocenters. The molecule has 0 saturated carbocycles. The largest absolute Gasteiger partial charge is 0.491 e. The Hall–Kier alpha value is -0.945. The molecular weight excluding hydrogens is 260 g/mol. The minimum atomic E-state index is -1.78. The zero-order valence-corrected chi connectivity index (χ0v) is 11.9. The van der Waals surface area contributed by atoms with Gasteiger partial charge in [-0.3, -0.25) is 4.90 Å².